The van der Waals surface area contributed by atoms with Gasteiger partial charge in [-0.3, -0.25) is 4.98 Å². The van der Waals surface area contributed by atoms with Crippen molar-refractivity contribution in [2.75, 3.05) is 29.9 Å². The highest BCUT2D eigenvalue weighted by Gasteiger charge is 2.25. The predicted molar refractivity (Wildman–Crippen MR) is 115 cm³/mol. The molecular weight excluding hydrogens is 362 g/mol. The summed E-state index contributed by atoms with van der Waals surface area (Å²) >= 11 is 0. The summed E-state index contributed by atoms with van der Waals surface area (Å²) in [4.78, 5) is 16.3. The van der Waals surface area contributed by atoms with Gasteiger partial charge in [0.2, 0.25) is 5.95 Å². The maximum Gasteiger partial charge on any atom is 0.229 e. The third-order valence-electron chi connectivity index (χ3n) is 5.22. The molecule has 0 unspecified atom stereocenters. The van der Waals surface area contributed by atoms with Gasteiger partial charge < -0.3 is 15.5 Å². The van der Waals surface area contributed by atoms with Gasteiger partial charge in [0.15, 0.2) is 5.82 Å². The molecule has 0 bridgehead atoms. The fraction of sp³-hybridized carbons (Fsp3) is 0.364. The number of pyridine rings is 1. The average molecular weight is 387 g/mol. The molecule has 3 heterocycles. The van der Waals surface area contributed by atoms with Gasteiger partial charge in [0.25, 0.3) is 0 Å². The first kappa shape index (κ1) is 19.1. The van der Waals surface area contributed by atoms with E-state index in [1.54, 1.807) is 6.20 Å². The van der Waals surface area contributed by atoms with Crippen molar-refractivity contribution < 1.29 is 0 Å². The van der Waals surface area contributed by atoms with Crippen LogP contribution in [0.2, 0.25) is 0 Å². The predicted octanol–water partition coefficient (Wildman–Crippen LogP) is 3.53. The number of aromatic nitrogens is 3. The van der Waals surface area contributed by atoms with E-state index in [0.29, 0.717) is 17.6 Å². The number of aryl methyl sites for hydroxylation is 1. The smallest absolute Gasteiger partial charge is 0.229 e. The van der Waals surface area contributed by atoms with E-state index in [1.165, 1.54) is 0 Å². The minimum absolute atomic E-state index is 0.468. The van der Waals surface area contributed by atoms with E-state index in [4.69, 9.17) is 4.98 Å². The Morgan fingerprint density at radius 2 is 2.17 bits per heavy atom. The van der Waals surface area contributed by atoms with Crippen LogP contribution in [0.25, 0.3) is 11.0 Å². The first-order valence-electron chi connectivity index (χ1n) is 10.1. The molecule has 2 N–H and O–H groups in total. The third-order valence-corrected chi connectivity index (χ3v) is 5.22. The van der Waals surface area contributed by atoms with E-state index in [2.05, 4.69) is 38.5 Å². The standard InChI is InChI=1S/C22H25N7/c1-3-9-24-18-8-11-29(14-18)21-20-19(5-4-10-25-20)27-22(28-21)26-17-7-6-15(2)16(12-17)13-23/h4-7,10,12,18,24H,3,8-9,11,14H2,1-2H3,(H,26,27,28)/t18-/m0/s1. The molecule has 1 fully saturated rings. The highest BCUT2D eigenvalue weighted by molar-refractivity contribution is 5.87. The monoisotopic (exact) mass is 387 g/mol. The third kappa shape index (κ3) is 4.13. The molecular formula is C22H25N7. The van der Waals surface area contributed by atoms with E-state index in [1.807, 2.05) is 37.3 Å². The van der Waals surface area contributed by atoms with Crippen molar-refractivity contribution in [3.05, 3.63) is 47.7 Å². The molecule has 1 aliphatic rings. The second-order valence-electron chi connectivity index (χ2n) is 7.39. The summed E-state index contributed by atoms with van der Waals surface area (Å²) in [5.41, 5.74) is 4.01. The van der Waals surface area contributed by atoms with Gasteiger partial charge in [-0.05, 0) is 56.1 Å². The molecule has 0 amide bonds. The average Bonchev–Trinajstić information content (AvgIpc) is 3.22. The van der Waals surface area contributed by atoms with Gasteiger partial charge in [0.1, 0.15) is 5.52 Å². The van der Waals surface area contributed by atoms with Crippen LogP contribution in [0, 0.1) is 18.3 Å². The molecule has 1 aliphatic heterocycles. The molecule has 0 saturated carbocycles. The lowest BCUT2D eigenvalue weighted by molar-refractivity contribution is 0.549. The maximum atomic E-state index is 9.29. The molecule has 1 saturated heterocycles. The van der Waals surface area contributed by atoms with Gasteiger partial charge in [0.05, 0.1) is 17.1 Å². The molecule has 0 spiro atoms. The molecule has 1 atom stereocenters. The zero-order valence-corrected chi connectivity index (χ0v) is 16.8. The quantitative estimate of drug-likeness (QED) is 0.669. The Hall–Kier alpha value is -3.24. The number of nitrogens with one attached hydrogen (secondary N) is 2. The summed E-state index contributed by atoms with van der Waals surface area (Å²) in [6.45, 7) is 6.98. The number of hydrogen-bond acceptors (Lipinski definition) is 7. The number of fused-ring (bicyclic) bond motifs is 1. The van der Waals surface area contributed by atoms with Crippen LogP contribution in [0.5, 0.6) is 0 Å². The highest BCUT2D eigenvalue weighted by atomic mass is 15.3. The zero-order valence-electron chi connectivity index (χ0n) is 16.8. The van der Waals surface area contributed by atoms with Gasteiger partial charge in [-0.25, -0.2) is 4.98 Å². The molecule has 29 heavy (non-hydrogen) atoms. The highest BCUT2D eigenvalue weighted by Crippen LogP contribution is 2.28. The second kappa shape index (κ2) is 8.41. The normalized spacial score (nSPS) is 16.2. The fourth-order valence-corrected chi connectivity index (χ4v) is 3.65. The summed E-state index contributed by atoms with van der Waals surface area (Å²) in [5, 5.41) is 16.2. The first-order valence-corrected chi connectivity index (χ1v) is 10.1. The van der Waals surface area contributed by atoms with Crippen molar-refractivity contribution >= 4 is 28.5 Å². The van der Waals surface area contributed by atoms with Crippen LogP contribution in [0.15, 0.2) is 36.5 Å². The lowest BCUT2D eigenvalue weighted by Gasteiger charge is -2.20. The molecule has 1 aromatic carbocycles. The van der Waals surface area contributed by atoms with Crippen molar-refractivity contribution in [2.24, 2.45) is 0 Å². The number of hydrogen-bond donors (Lipinski definition) is 2. The van der Waals surface area contributed by atoms with Gasteiger partial charge in [-0.1, -0.05) is 13.0 Å². The number of nitriles is 1. The van der Waals surface area contributed by atoms with Crippen molar-refractivity contribution in [1.82, 2.24) is 20.3 Å². The fourth-order valence-electron chi connectivity index (χ4n) is 3.65. The lowest BCUT2D eigenvalue weighted by atomic mass is 10.1. The van der Waals surface area contributed by atoms with Gasteiger partial charge >= 0.3 is 0 Å². The summed E-state index contributed by atoms with van der Waals surface area (Å²) in [6, 6.07) is 12.2. The maximum absolute atomic E-state index is 9.29. The SMILES string of the molecule is CCCN[C@H]1CCN(c2nc(Nc3ccc(C)c(C#N)c3)nc3cccnc23)C1. The second-order valence-corrected chi connectivity index (χ2v) is 7.39. The van der Waals surface area contributed by atoms with Crippen LogP contribution in [0.3, 0.4) is 0 Å². The molecule has 3 aromatic rings. The Labute approximate surface area is 170 Å². The Morgan fingerprint density at radius 1 is 1.28 bits per heavy atom. The Morgan fingerprint density at radius 3 is 3.00 bits per heavy atom. The van der Waals surface area contributed by atoms with E-state index in [-0.39, 0.29) is 0 Å². The molecule has 0 aliphatic carbocycles. The van der Waals surface area contributed by atoms with E-state index in [0.717, 1.165) is 60.6 Å². The Kier molecular flexibility index (Phi) is 5.54. The summed E-state index contributed by atoms with van der Waals surface area (Å²) in [6.07, 6.45) is 4.00. The van der Waals surface area contributed by atoms with Crippen molar-refractivity contribution in [1.29, 1.82) is 5.26 Å². The zero-order chi connectivity index (χ0) is 20.2. The van der Waals surface area contributed by atoms with Gasteiger partial charge in [0, 0.05) is 31.0 Å². The van der Waals surface area contributed by atoms with Crippen LogP contribution >= 0.6 is 0 Å². The number of benzene rings is 1. The van der Waals surface area contributed by atoms with Crippen LogP contribution < -0.4 is 15.5 Å². The van der Waals surface area contributed by atoms with E-state index < -0.39 is 0 Å². The molecule has 2 aromatic heterocycles. The minimum Gasteiger partial charge on any atom is -0.353 e. The first-order chi connectivity index (χ1) is 14.2. The van der Waals surface area contributed by atoms with E-state index >= 15 is 0 Å². The Bertz CT molecular complexity index is 1060. The number of rotatable bonds is 6. The molecule has 148 valence electrons. The van der Waals surface area contributed by atoms with Crippen LogP contribution in [-0.4, -0.2) is 40.6 Å². The van der Waals surface area contributed by atoms with Crippen molar-refractivity contribution in [3.8, 4) is 6.07 Å². The summed E-state index contributed by atoms with van der Waals surface area (Å²) in [5.74, 6) is 1.37. The molecule has 7 nitrogen and oxygen atoms in total. The number of anilines is 3. The molecule has 4 rings (SSSR count). The number of nitrogens with zero attached hydrogens (tertiary/aromatic N) is 5. The van der Waals surface area contributed by atoms with Crippen LogP contribution in [0.4, 0.5) is 17.5 Å². The molecule has 0 radical (unpaired) electrons. The molecule has 7 heteroatoms. The van der Waals surface area contributed by atoms with Crippen molar-refractivity contribution in [2.45, 2.75) is 32.7 Å². The van der Waals surface area contributed by atoms with E-state index in [9.17, 15) is 5.26 Å². The Balaban J connectivity index is 1.66. The lowest BCUT2D eigenvalue weighted by Crippen LogP contribution is -2.33. The summed E-state index contributed by atoms with van der Waals surface area (Å²) in [7, 11) is 0. The summed E-state index contributed by atoms with van der Waals surface area (Å²) < 4.78 is 0. The minimum atomic E-state index is 0.468. The van der Waals surface area contributed by atoms with Gasteiger partial charge in [-0.2, -0.15) is 10.2 Å². The topological polar surface area (TPSA) is 89.8 Å². The van der Waals surface area contributed by atoms with Crippen LogP contribution in [0.1, 0.15) is 30.9 Å². The van der Waals surface area contributed by atoms with Crippen molar-refractivity contribution in [3.63, 3.8) is 0 Å². The van der Waals surface area contributed by atoms with Crippen LogP contribution in [-0.2, 0) is 0 Å². The largest absolute Gasteiger partial charge is 0.353 e. The van der Waals surface area contributed by atoms with Gasteiger partial charge in [-0.15, -0.1) is 0 Å².